The average Bonchev–Trinajstić information content (AvgIpc) is 2.58. The zero-order valence-electron chi connectivity index (χ0n) is 10.9. The van der Waals surface area contributed by atoms with Crippen molar-refractivity contribution < 1.29 is 4.79 Å². The molecule has 0 aromatic carbocycles. The number of hydrogen-bond donors (Lipinski definition) is 1. The Hall–Kier alpha value is -0.610. The Morgan fingerprint density at radius 2 is 1.82 bits per heavy atom. The van der Waals surface area contributed by atoms with E-state index in [2.05, 4.69) is 9.80 Å². The largest absolute Gasteiger partial charge is 0.337 e. The van der Waals surface area contributed by atoms with Gasteiger partial charge in [-0.25, -0.2) is 0 Å². The van der Waals surface area contributed by atoms with E-state index in [1.807, 2.05) is 7.05 Å². The highest BCUT2D eigenvalue weighted by atomic mass is 16.2. The maximum Gasteiger partial charge on any atom is 0.241 e. The van der Waals surface area contributed by atoms with Crippen LogP contribution in [-0.4, -0.2) is 54.5 Å². The van der Waals surface area contributed by atoms with Gasteiger partial charge in [0.25, 0.3) is 0 Å². The van der Waals surface area contributed by atoms with Crippen molar-refractivity contribution in [3.8, 4) is 0 Å². The van der Waals surface area contributed by atoms with Gasteiger partial charge in [0.2, 0.25) is 5.91 Å². The zero-order valence-corrected chi connectivity index (χ0v) is 10.9. The van der Waals surface area contributed by atoms with Crippen molar-refractivity contribution in [2.24, 2.45) is 5.73 Å². The van der Waals surface area contributed by atoms with Crippen LogP contribution in [0, 0.1) is 0 Å². The summed E-state index contributed by atoms with van der Waals surface area (Å²) in [4.78, 5) is 16.6. The molecule has 98 valence electrons. The van der Waals surface area contributed by atoms with E-state index in [1.165, 1.54) is 38.5 Å². The molecule has 1 heterocycles. The third-order valence-electron chi connectivity index (χ3n) is 4.28. The van der Waals surface area contributed by atoms with Gasteiger partial charge in [-0.1, -0.05) is 25.7 Å². The summed E-state index contributed by atoms with van der Waals surface area (Å²) in [5, 5.41) is 0. The molecule has 17 heavy (non-hydrogen) atoms. The van der Waals surface area contributed by atoms with Gasteiger partial charge >= 0.3 is 0 Å². The Balaban J connectivity index is 2.02. The summed E-state index contributed by atoms with van der Waals surface area (Å²) in [5.74, 6) is 0.258. The van der Waals surface area contributed by atoms with E-state index < -0.39 is 0 Å². The third kappa shape index (κ3) is 2.80. The molecule has 0 bridgehead atoms. The number of nitrogens with two attached hydrogens (primary N) is 1. The first kappa shape index (κ1) is 12.8. The number of likely N-dealkylation sites (N-methyl/N-ethyl adjacent to an activating group) is 1. The van der Waals surface area contributed by atoms with Crippen molar-refractivity contribution in [1.82, 2.24) is 9.80 Å². The molecule has 0 aromatic rings. The Morgan fingerprint density at radius 3 is 2.41 bits per heavy atom. The minimum absolute atomic E-state index is 0.0907. The van der Waals surface area contributed by atoms with Crippen LogP contribution in [0.1, 0.15) is 38.5 Å². The molecule has 1 saturated heterocycles. The topological polar surface area (TPSA) is 49.6 Å². The predicted molar refractivity (Wildman–Crippen MR) is 68.7 cm³/mol. The normalized spacial score (nSPS) is 29.4. The second kappa shape index (κ2) is 5.83. The molecule has 4 nitrogen and oxygen atoms in total. The lowest BCUT2D eigenvalue weighted by Crippen LogP contribution is -2.60. The van der Waals surface area contributed by atoms with E-state index in [1.54, 1.807) is 0 Å². The zero-order chi connectivity index (χ0) is 12.3. The van der Waals surface area contributed by atoms with E-state index in [0.717, 1.165) is 13.1 Å². The summed E-state index contributed by atoms with van der Waals surface area (Å²) >= 11 is 0. The first-order valence-corrected chi connectivity index (χ1v) is 6.95. The third-order valence-corrected chi connectivity index (χ3v) is 4.28. The van der Waals surface area contributed by atoms with Gasteiger partial charge < -0.3 is 10.6 Å². The summed E-state index contributed by atoms with van der Waals surface area (Å²) in [7, 11) is 2.00. The molecule has 2 aliphatic rings. The lowest BCUT2D eigenvalue weighted by atomic mass is 10.0. The molecule has 2 rings (SSSR count). The van der Waals surface area contributed by atoms with E-state index in [-0.39, 0.29) is 11.9 Å². The maximum absolute atomic E-state index is 12.4. The summed E-state index contributed by atoms with van der Waals surface area (Å²) in [5.41, 5.74) is 5.72. The van der Waals surface area contributed by atoms with Gasteiger partial charge in [0.1, 0.15) is 6.04 Å². The minimum atomic E-state index is -0.0907. The monoisotopic (exact) mass is 239 g/mol. The molecular formula is C13H25N3O. The highest BCUT2D eigenvalue weighted by Gasteiger charge is 2.35. The van der Waals surface area contributed by atoms with Crippen LogP contribution in [-0.2, 0) is 4.79 Å². The van der Waals surface area contributed by atoms with Gasteiger partial charge in [0.15, 0.2) is 0 Å². The van der Waals surface area contributed by atoms with Crippen LogP contribution in [0.2, 0.25) is 0 Å². The molecule has 1 atom stereocenters. The van der Waals surface area contributed by atoms with Crippen LogP contribution < -0.4 is 5.73 Å². The summed E-state index contributed by atoms with van der Waals surface area (Å²) in [6, 6.07) is 0.389. The summed E-state index contributed by atoms with van der Waals surface area (Å²) in [6.45, 7) is 2.29. The number of rotatable bonds is 2. The van der Waals surface area contributed by atoms with Gasteiger partial charge in [0, 0.05) is 25.7 Å². The Bertz CT molecular complexity index is 261. The minimum Gasteiger partial charge on any atom is -0.337 e. The standard InChI is InChI=1S/C13H25N3O/c1-15-8-9-16(13(17)12(15)10-14)11-6-4-2-3-5-7-11/h11-12H,2-10,14H2,1H3. The van der Waals surface area contributed by atoms with Crippen molar-refractivity contribution >= 4 is 5.91 Å². The van der Waals surface area contributed by atoms with Crippen LogP contribution in [0.4, 0.5) is 0 Å². The lowest BCUT2D eigenvalue weighted by Gasteiger charge is -2.42. The van der Waals surface area contributed by atoms with Crippen molar-refractivity contribution in [2.45, 2.75) is 50.6 Å². The number of amides is 1. The number of carbonyl (C=O) groups is 1. The molecule has 0 radical (unpaired) electrons. The molecule has 1 aliphatic heterocycles. The summed E-state index contributed by atoms with van der Waals surface area (Å²) in [6.07, 6.45) is 7.59. The maximum atomic E-state index is 12.4. The number of nitrogens with zero attached hydrogens (tertiary/aromatic N) is 2. The molecule has 2 N–H and O–H groups in total. The lowest BCUT2D eigenvalue weighted by molar-refractivity contribution is -0.143. The van der Waals surface area contributed by atoms with Crippen molar-refractivity contribution in [3.63, 3.8) is 0 Å². The van der Waals surface area contributed by atoms with Crippen LogP contribution in [0.15, 0.2) is 0 Å². The average molecular weight is 239 g/mol. The van der Waals surface area contributed by atoms with E-state index in [9.17, 15) is 4.79 Å². The van der Waals surface area contributed by atoms with E-state index >= 15 is 0 Å². The molecule has 1 saturated carbocycles. The van der Waals surface area contributed by atoms with Crippen LogP contribution in [0.5, 0.6) is 0 Å². The predicted octanol–water partition coefficient (Wildman–Crippen LogP) is 0.811. The molecule has 0 spiro atoms. The van der Waals surface area contributed by atoms with E-state index in [0.29, 0.717) is 12.6 Å². The Kier molecular flexibility index (Phi) is 4.40. The van der Waals surface area contributed by atoms with Gasteiger partial charge in [-0.3, -0.25) is 9.69 Å². The number of carbonyl (C=O) groups excluding carboxylic acids is 1. The molecule has 4 heteroatoms. The highest BCUT2D eigenvalue weighted by Crippen LogP contribution is 2.24. The second-order valence-corrected chi connectivity index (χ2v) is 5.41. The fraction of sp³-hybridized carbons (Fsp3) is 0.923. The van der Waals surface area contributed by atoms with Gasteiger partial charge in [-0.15, -0.1) is 0 Å². The van der Waals surface area contributed by atoms with Crippen molar-refractivity contribution in [1.29, 1.82) is 0 Å². The van der Waals surface area contributed by atoms with Crippen LogP contribution in [0.25, 0.3) is 0 Å². The quantitative estimate of drug-likeness (QED) is 0.726. The molecule has 2 fully saturated rings. The van der Waals surface area contributed by atoms with Crippen molar-refractivity contribution in [2.75, 3.05) is 26.7 Å². The molecule has 1 unspecified atom stereocenters. The highest BCUT2D eigenvalue weighted by molar-refractivity contribution is 5.83. The molecule has 1 aliphatic carbocycles. The fourth-order valence-electron chi connectivity index (χ4n) is 3.12. The molecule has 0 aromatic heterocycles. The van der Waals surface area contributed by atoms with Crippen LogP contribution in [0.3, 0.4) is 0 Å². The van der Waals surface area contributed by atoms with Gasteiger partial charge in [-0.2, -0.15) is 0 Å². The van der Waals surface area contributed by atoms with Gasteiger partial charge in [-0.05, 0) is 19.9 Å². The fourth-order valence-corrected chi connectivity index (χ4v) is 3.12. The second-order valence-electron chi connectivity index (χ2n) is 5.41. The van der Waals surface area contributed by atoms with Gasteiger partial charge in [0.05, 0.1) is 0 Å². The Morgan fingerprint density at radius 1 is 1.18 bits per heavy atom. The van der Waals surface area contributed by atoms with Crippen molar-refractivity contribution in [3.05, 3.63) is 0 Å². The Labute approximate surface area is 104 Å². The number of hydrogen-bond acceptors (Lipinski definition) is 3. The molecular weight excluding hydrogens is 214 g/mol. The molecule has 1 amide bonds. The SMILES string of the molecule is CN1CCN(C2CCCCCC2)C(=O)C1CN. The van der Waals surface area contributed by atoms with E-state index in [4.69, 9.17) is 5.73 Å². The first-order valence-electron chi connectivity index (χ1n) is 6.95. The number of piperazine rings is 1. The first-order chi connectivity index (χ1) is 8.24. The smallest absolute Gasteiger partial charge is 0.241 e. The van der Waals surface area contributed by atoms with Crippen LogP contribution >= 0.6 is 0 Å². The summed E-state index contributed by atoms with van der Waals surface area (Å²) < 4.78 is 0.